The zero-order valence-corrected chi connectivity index (χ0v) is 16.4. The summed E-state index contributed by atoms with van der Waals surface area (Å²) in [7, 11) is 0. The van der Waals surface area contributed by atoms with Crippen LogP contribution >= 0.6 is 15.9 Å². The molecule has 0 saturated heterocycles. The highest BCUT2D eigenvalue weighted by Crippen LogP contribution is 2.27. The molecule has 25 heavy (non-hydrogen) atoms. The molecular formula is C20H24BrNO3. The van der Waals surface area contributed by atoms with Gasteiger partial charge in [0.1, 0.15) is 11.5 Å². The summed E-state index contributed by atoms with van der Waals surface area (Å²) in [5.41, 5.74) is 1.26. The van der Waals surface area contributed by atoms with E-state index in [-0.39, 0.29) is 5.91 Å². The minimum absolute atomic E-state index is 0.178. The van der Waals surface area contributed by atoms with Crippen LogP contribution < -0.4 is 14.8 Å². The van der Waals surface area contributed by atoms with Crippen molar-refractivity contribution in [3.8, 4) is 11.5 Å². The van der Waals surface area contributed by atoms with Crippen LogP contribution in [0.1, 0.15) is 37.6 Å². The molecule has 2 aromatic rings. The molecule has 0 aliphatic carbocycles. The standard InChI is InChI=1S/C20H24BrNO3/c1-4-24-17-7-5-6-16(13-17)22-20(23)15-8-9-19(18(21)12-15)25-11-10-14(2)3/h5-9,12-14H,4,10-11H2,1-3H3,(H,22,23). The summed E-state index contributed by atoms with van der Waals surface area (Å²) in [5.74, 6) is 1.89. The lowest BCUT2D eigenvalue weighted by atomic mass is 10.1. The molecule has 0 aromatic heterocycles. The smallest absolute Gasteiger partial charge is 0.255 e. The Morgan fingerprint density at radius 2 is 1.96 bits per heavy atom. The molecule has 0 fully saturated rings. The van der Waals surface area contributed by atoms with Crippen molar-refractivity contribution in [2.24, 2.45) is 5.92 Å². The summed E-state index contributed by atoms with van der Waals surface area (Å²) in [5, 5.41) is 2.88. The van der Waals surface area contributed by atoms with Gasteiger partial charge >= 0.3 is 0 Å². The number of hydrogen-bond acceptors (Lipinski definition) is 3. The zero-order chi connectivity index (χ0) is 18.2. The summed E-state index contributed by atoms with van der Waals surface area (Å²) >= 11 is 3.48. The average molecular weight is 406 g/mol. The second-order valence-corrected chi connectivity index (χ2v) is 6.95. The van der Waals surface area contributed by atoms with Gasteiger partial charge in [0.05, 0.1) is 17.7 Å². The Hall–Kier alpha value is -2.01. The number of carbonyl (C=O) groups excluding carboxylic acids is 1. The van der Waals surface area contributed by atoms with Crippen LogP contribution in [0.4, 0.5) is 5.69 Å². The van der Waals surface area contributed by atoms with Crippen LogP contribution in [0.2, 0.25) is 0 Å². The van der Waals surface area contributed by atoms with E-state index >= 15 is 0 Å². The first-order valence-electron chi connectivity index (χ1n) is 8.46. The molecule has 0 radical (unpaired) electrons. The van der Waals surface area contributed by atoms with Gasteiger partial charge in [-0.1, -0.05) is 19.9 Å². The second kappa shape index (κ2) is 9.47. The fourth-order valence-electron chi connectivity index (χ4n) is 2.20. The van der Waals surface area contributed by atoms with Gasteiger partial charge in [-0.25, -0.2) is 0 Å². The van der Waals surface area contributed by atoms with Gasteiger partial charge in [0.15, 0.2) is 0 Å². The van der Waals surface area contributed by atoms with Gasteiger partial charge in [0.25, 0.3) is 5.91 Å². The van der Waals surface area contributed by atoms with Gasteiger partial charge in [-0.15, -0.1) is 0 Å². The van der Waals surface area contributed by atoms with Crippen molar-refractivity contribution in [3.05, 3.63) is 52.5 Å². The molecule has 1 N–H and O–H groups in total. The van der Waals surface area contributed by atoms with Gasteiger partial charge in [0.2, 0.25) is 0 Å². The van der Waals surface area contributed by atoms with Gasteiger partial charge in [-0.05, 0) is 65.5 Å². The zero-order valence-electron chi connectivity index (χ0n) is 14.8. The molecule has 2 rings (SSSR count). The number of carbonyl (C=O) groups is 1. The first kappa shape index (κ1) is 19.3. The number of hydrogen-bond donors (Lipinski definition) is 1. The molecule has 4 nitrogen and oxygen atoms in total. The van der Waals surface area contributed by atoms with Crippen molar-refractivity contribution in [1.82, 2.24) is 0 Å². The van der Waals surface area contributed by atoms with Gasteiger partial charge in [0, 0.05) is 17.3 Å². The lowest BCUT2D eigenvalue weighted by Gasteiger charge is -2.11. The van der Waals surface area contributed by atoms with Crippen LogP contribution in [0.25, 0.3) is 0 Å². The van der Waals surface area contributed by atoms with Crippen molar-refractivity contribution in [2.75, 3.05) is 18.5 Å². The van der Waals surface area contributed by atoms with E-state index in [4.69, 9.17) is 9.47 Å². The molecule has 134 valence electrons. The molecule has 0 atom stereocenters. The van der Waals surface area contributed by atoms with E-state index in [0.717, 1.165) is 22.4 Å². The van der Waals surface area contributed by atoms with Crippen molar-refractivity contribution >= 4 is 27.5 Å². The van der Waals surface area contributed by atoms with Crippen molar-refractivity contribution < 1.29 is 14.3 Å². The third-order valence-electron chi connectivity index (χ3n) is 3.55. The number of anilines is 1. The topological polar surface area (TPSA) is 47.6 Å². The Morgan fingerprint density at radius 3 is 2.64 bits per heavy atom. The Balaban J connectivity index is 2.02. The number of ether oxygens (including phenoxy) is 2. The maximum atomic E-state index is 12.4. The van der Waals surface area contributed by atoms with Crippen molar-refractivity contribution in [1.29, 1.82) is 0 Å². The van der Waals surface area contributed by atoms with E-state index in [9.17, 15) is 4.79 Å². The lowest BCUT2D eigenvalue weighted by molar-refractivity contribution is 0.102. The van der Waals surface area contributed by atoms with Crippen LogP contribution in [0, 0.1) is 5.92 Å². The molecule has 0 unspecified atom stereocenters. The van der Waals surface area contributed by atoms with E-state index in [1.807, 2.05) is 31.2 Å². The molecule has 2 aromatic carbocycles. The number of halogens is 1. The van der Waals surface area contributed by atoms with Crippen LogP contribution in [0.5, 0.6) is 11.5 Å². The maximum absolute atomic E-state index is 12.4. The molecule has 1 amide bonds. The minimum atomic E-state index is -0.178. The highest BCUT2D eigenvalue weighted by Gasteiger charge is 2.10. The number of benzene rings is 2. The predicted molar refractivity (Wildman–Crippen MR) is 105 cm³/mol. The summed E-state index contributed by atoms with van der Waals surface area (Å²) < 4.78 is 12.0. The first-order chi connectivity index (χ1) is 12.0. The Morgan fingerprint density at radius 1 is 1.16 bits per heavy atom. The Bertz CT molecular complexity index is 716. The van der Waals surface area contributed by atoms with Crippen LogP contribution in [0.3, 0.4) is 0 Å². The summed E-state index contributed by atoms with van der Waals surface area (Å²) in [4.78, 5) is 12.4. The summed E-state index contributed by atoms with van der Waals surface area (Å²) in [6.07, 6.45) is 0.991. The van der Waals surface area contributed by atoms with E-state index in [1.165, 1.54) is 0 Å². The Kier molecular flexibility index (Phi) is 7.31. The molecule has 0 aliphatic heterocycles. The lowest BCUT2D eigenvalue weighted by Crippen LogP contribution is -2.12. The quantitative estimate of drug-likeness (QED) is 0.628. The Labute approximate surface area is 157 Å². The molecular weight excluding hydrogens is 382 g/mol. The molecule has 0 bridgehead atoms. The largest absolute Gasteiger partial charge is 0.494 e. The van der Waals surface area contributed by atoms with Crippen molar-refractivity contribution in [3.63, 3.8) is 0 Å². The van der Waals surface area contributed by atoms with Gasteiger partial charge in [-0.3, -0.25) is 4.79 Å². The van der Waals surface area contributed by atoms with Gasteiger partial charge in [-0.2, -0.15) is 0 Å². The monoisotopic (exact) mass is 405 g/mol. The summed E-state index contributed by atoms with van der Waals surface area (Å²) in [6, 6.07) is 12.7. The fraction of sp³-hybridized carbons (Fsp3) is 0.350. The average Bonchev–Trinajstić information content (AvgIpc) is 2.56. The van der Waals surface area contributed by atoms with E-state index < -0.39 is 0 Å². The normalized spacial score (nSPS) is 10.6. The van der Waals surface area contributed by atoms with E-state index in [2.05, 4.69) is 35.1 Å². The number of nitrogens with one attached hydrogen (secondary N) is 1. The second-order valence-electron chi connectivity index (χ2n) is 6.09. The van der Waals surface area contributed by atoms with E-state index in [0.29, 0.717) is 30.4 Å². The molecule has 0 spiro atoms. The number of rotatable bonds is 8. The fourth-order valence-corrected chi connectivity index (χ4v) is 2.69. The molecule has 0 heterocycles. The van der Waals surface area contributed by atoms with Crippen molar-refractivity contribution in [2.45, 2.75) is 27.2 Å². The van der Waals surface area contributed by atoms with Gasteiger partial charge < -0.3 is 14.8 Å². The SMILES string of the molecule is CCOc1cccc(NC(=O)c2ccc(OCCC(C)C)c(Br)c2)c1. The molecule has 5 heteroatoms. The molecule has 0 aliphatic rings. The van der Waals surface area contributed by atoms with E-state index in [1.54, 1.807) is 18.2 Å². The maximum Gasteiger partial charge on any atom is 0.255 e. The van der Waals surface area contributed by atoms with Crippen LogP contribution in [-0.4, -0.2) is 19.1 Å². The predicted octanol–water partition coefficient (Wildman–Crippen LogP) is 5.53. The summed E-state index contributed by atoms with van der Waals surface area (Å²) in [6.45, 7) is 7.49. The van der Waals surface area contributed by atoms with Crippen LogP contribution in [-0.2, 0) is 0 Å². The highest BCUT2D eigenvalue weighted by atomic mass is 79.9. The first-order valence-corrected chi connectivity index (χ1v) is 9.25. The number of amides is 1. The third-order valence-corrected chi connectivity index (χ3v) is 4.17. The highest BCUT2D eigenvalue weighted by molar-refractivity contribution is 9.10. The molecule has 0 saturated carbocycles. The minimum Gasteiger partial charge on any atom is -0.494 e. The third kappa shape index (κ3) is 6.09. The van der Waals surface area contributed by atoms with Crippen LogP contribution in [0.15, 0.2) is 46.9 Å².